The van der Waals surface area contributed by atoms with E-state index in [4.69, 9.17) is 5.11 Å². The van der Waals surface area contributed by atoms with E-state index in [1.807, 2.05) is 0 Å². The van der Waals surface area contributed by atoms with Crippen molar-refractivity contribution in [2.24, 2.45) is 11.3 Å². The predicted molar refractivity (Wildman–Crippen MR) is 52.0 cm³/mol. The lowest BCUT2D eigenvalue weighted by Crippen LogP contribution is -2.23. The largest absolute Gasteiger partial charge is 0.392 e. The van der Waals surface area contributed by atoms with Crippen LogP contribution in [0.1, 0.15) is 40.0 Å². The maximum absolute atomic E-state index is 9.01. The Morgan fingerprint density at radius 2 is 2.17 bits per heavy atom. The molecule has 1 aliphatic rings. The van der Waals surface area contributed by atoms with Crippen molar-refractivity contribution in [3.05, 3.63) is 11.6 Å². The number of aliphatic hydroxyl groups is 1. The number of hydrogen-bond acceptors (Lipinski definition) is 1. The molecule has 1 atom stereocenters. The van der Waals surface area contributed by atoms with Gasteiger partial charge in [-0.15, -0.1) is 0 Å². The SMILES string of the molecule is CC(C)(C)C1CCC=C(CO)C1. The molecule has 0 saturated heterocycles. The fourth-order valence-corrected chi connectivity index (χ4v) is 1.86. The van der Waals surface area contributed by atoms with Gasteiger partial charge in [-0.1, -0.05) is 26.8 Å². The average Bonchev–Trinajstić information content (AvgIpc) is 2.03. The first-order valence-electron chi connectivity index (χ1n) is 4.83. The molecule has 0 bridgehead atoms. The lowest BCUT2D eigenvalue weighted by molar-refractivity contribution is 0.207. The Kier molecular flexibility index (Phi) is 2.94. The third kappa shape index (κ3) is 2.34. The molecule has 0 heterocycles. The normalized spacial score (nSPS) is 25.3. The molecule has 1 heteroatoms. The summed E-state index contributed by atoms with van der Waals surface area (Å²) in [4.78, 5) is 0. The fourth-order valence-electron chi connectivity index (χ4n) is 1.86. The summed E-state index contributed by atoms with van der Waals surface area (Å²) in [5.74, 6) is 0.754. The standard InChI is InChI=1S/C11H20O/c1-11(2,3)10-6-4-5-9(7-10)8-12/h5,10,12H,4,6-8H2,1-3H3. The summed E-state index contributed by atoms with van der Waals surface area (Å²) in [5, 5.41) is 9.01. The van der Waals surface area contributed by atoms with Crippen LogP contribution in [-0.4, -0.2) is 11.7 Å². The van der Waals surface area contributed by atoms with Gasteiger partial charge in [0.25, 0.3) is 0 Å². The number of rotatable bonds is 1. The van der Waals surface area contributed by atoms with E-state index < -0.39 is 0 Å². The van der Waals surface area contributed by atoms with Crippen LogP contribution in [0.3, 0.4) is 0 Å². The van der Waals surface area contributed by atoms with Crippen molar-refractivity contribution < 1.29 is 5.11 Å². The highest BCUT2D eigenvalue weighted by molar-refractivity contribution is 5.08. The molecule has 0 aromatic carbocycles. The molecule has 1 unspecified atom stereocenters. The van der Waals surface area contributed by atoms with Gasteiger partial charge < -0.3 is 5.11 Å². The van der Waals surface area contributed by atoms with Gasteiger partial charge in [-0.25, -0.2) is 0 Å². The number of allylic oxidation sites excluding steroid dienone is 1. The minimum Gasteiger partial charge on any atom is -0.392 e. The molecule has 70 valence electrons. The predicted octanol–water partition coefficient (Wildman–Crippen LogP) is 2.75. The summed E-state index contributed by atoms with van der Waals surface area (Å²) >= 11 is 0. The Morgan fingerprint density at radius 3 is 2.67 bits per heavy atom. The third-order valence-electron chi connectivity index (χ3n) is 2.88. The van der Waals surface area contributed by atoms with Crippen molar-refractivity contribution in [1.82, 2.24) is 0 Å². The minimum absolute atomic E-state index is 0.257. The van der Waals surface area contributed by atoms with Crippen molar-refractivity contribution in [2.45, 2.75) is 40.0 Å². The van der Waals surface area contributed by atoms with Crippen LogP contribution in [0.4, 0.5) is 0 Å². The van der Waals surface area contributed by atoms with E-state index in [0.717, 1.165) is 18.8 Å². The lowest BCUT2D eigenvalue weighted by Gasteiger charge is -2.33. The van der Waals surface area contributed by atoms with Gasteiger partial charge in [0.15, 0.2) is 0 Å². The molecule has 1 aliphatic carbocycles. The molecule has 12 heavy (non-hydrogen) atoms. The van der Waals surface area contributed by atoms with E-state index >= 15 is 0 Å². The molecular formula is C11H20O. The minimum atomic E-state index is 0.257. The summed E-state index contributed by atoms with van der Waals surface area (Å²) in [6.45, 7) is 7.13. The first-order valence-corrected chi connectivity index (χ1v) is 4.83. The van der Waals surface area contributed by atoms with Gasteiger partial charge >= 0.3 is 0 Å². The van der Waals surface area contributed by atoms with Crippen LogP contribution in [0.2, 0.25) is 0 Å². The van der Waals surface area contributed by atoms with Crippen LogP contribution in [0.15, 0.2) is 11.6 Å². The van der Waals surface area contributed by atoms with E-state index in [2.05, 4.69) is 26.8 Å². The van der Waals surface area contributed by atoms with Crippen molar-refractivity contribution in [1.29, 1.82) is 0 Å². The molecule has 0 aromatic heterocycles. The third-order valence-corrected chi connectivity index (χ3v) is 2.88. The highest BCUT2D eigenvalue weighted by Crippen LogP contribution is 2.37. The van der Waals surface area contributed by atoms with Crippen LogP contribution >= 0.6 is 0 Å². The maximum atomic E-state index is 9.01. The zero-order valence-electron chi connectivity index (χ0n) is 8.43. The van der Waals surface area contributed by atoms with Gasteiger partial charge in [0.1, 0.15) is 0 Å². The second kappa shape index (κ2) is 3.61. The quantitative estimate of drug-likeness (QED) is 0.597. The highest BCUT2D eigenvalue weighted by Gasteiger charge is 2.26. The van der Waals surface area contributed by atoms with Crippen molar-refractivity contribution in [2.75, 3.05) is 6.61 Å². The van der Waals surface area contributed by atoms with E-state index in [0.29, 0.717) is 5.41 Å². The monoisotopic (exact) mass is 168 g/mol. The van der Waals surface area contributed by atoms with Crippen molar-refractivity contribution >= 4 is 0 Å². The van der Waals surface area contributed by atoms with Crippen molar-refractivity contribution in [3.63, 3.8) is 0 Å². The van der Waals surface area contributed by atoms with E-state index in [1.54, 1.807) is 0 Å². The molecule has 0 aromatic rings. The van der Waals surface area contributed by atoms with E-state index in [1.165, 1.54) is 12.0 Å². The molecule has 1 nitrogen and oxygen atoms in total. The zero-order valence-corrected chi connectivity index (χ0v) is 8.43. The highest BCUT2D eigenvalue weighted by atomic mass is 16.3. The Labute approximate surface area is 75.5 Å². The second-order valence-corrected chi connectivity index (χ2v) is 4.86. The number of aliphatic hydroxyl groups excluding tert-OH is 1. The first kappa shape index (κ1) is 9.79. The molecule has 0 fully saturated rings. The summed E-state index contributed by atoms with van der Waals surface area (Å²) < 4.78 is 0. The first-order chi connectivity index (χ1) is 5.54. The fraction of sp³-hybridized carbons (Fsp3) is 0.818. The van der Waals surface area contributed by atoms with Gasteiger partial charge in [0.2, 0.25) is 0 Å². The van der Waals surface area contributed by atoms with Crippen LogP contribution in [-0.2, 0) is 0 Å². The van der Waals surface area contributed by atoms with E-state index in [9.17, 15) is 0 Å². The average molecular weight is 168 g/mol. The molecule has 0 aliphatic heterocycles. The second-order valence-electron chi connectivity index (χ2n) is 4.86. The van der Waals surface area contributed by atoms with Crippen LogP contribution < -0.4 is 0 Å². The Balaban J connectivity index is 2.57. The molecule has 0 radical (unpaired) electrons. The Hall–Kier alpha value is -0.300. The Bertz CT molecular complexity index is 174. The summed E-state index contributed by atoms with van der Waals surface area (Å²) in [7, 11) is 0. The van der Waals surface area contributed by atoms with Gasteiger partial charge in [-0.3, -0.25) is 0 Å². The van der Waals surface area contributed by atoms with Crippen LogP contribution in [0.25, 0.3) is 0 Å². The van der Waals surface area contributed by atoms with E-state index in [-0.39, 0.29) is 6.61 Å². The summed E-state index contributed by atoms with van der Waals surface area (Å²) in [5.41, 5.74) is 1.63. The molecule has 1 N–H and O–H groups in total. The van der Waals surface area contributed by atoms with Gasteiger partial charge in [0, 0.05) is 0 Å². The van der Waals surface area contributed by atoms with Crippen LogP contribution in [0, 0.1) is 11.3 Å². The van der Waals surface area contributed by atoms with Crippen LogP contribution in [0.5, 0.6) is 0 Å². The van der Waals surface area contributed by atoms with Gasteiger partial charge in [0.05, 0.1) is 6.61 Å². The number of hydrogen-bond donors (Lipinski definition) is 1. The Morgan fingerprint density at radius 1 is 1.50 bits per heavy atom. The smallest absolute Gasteiger partial charge is 0.0641 e. The van der Waals surface area contributed by atoms with Gasteiger partial charge in [-0.2, -0.15) is 0 Å². The molecule has 0 amide bonds. The lowest BCUT2D eigenvalue weighted by atomic mass is 9.72. The molecule has 0 saturated carbocycles. The topological polar surface area (TPSA) is 20.2 Å². The zero-order chi connectivity index (χ0) is 9.19. The summed E-state index contributed by atoms with van der Waals surface area (Å²) in [6.07, 6.45) is 5.73. The molecule has 1 rings (SSSR count). The maximum Gasteiger partial charge on any atom is 0.0641 e. The van der Waals surface area contributed by atoms with Gasteiger partial charge in [-0.05, 0) is 36.2 Å². The summed E-state index contributed by atoms with van der Waals surface area (Å²) in [6, 6.07) is 0. The molecular weight excluding hydrogens is 148 g/mol. The molecule has 0 spiro atoms. The van der Waals surface area contributed by atoms with Crippen molar-refractivity contribution in [3.8, 4) is 0 Å².